The zero-order valence-corrected chi connectivity index (χ0v) is 16.4. The summed E-state index contributed by atoms with van der Waals surface area (Å²) in [5.74, 6) is 0.419. The highest BCUT2D eigenvalue weighted by Crippen LogP contribution is 2.31. The van der Waals surface area contributed by atoms with E-state index in [2.05, 4.69) is 17.2 Å². The molecule has 0 spiro atoms. The minimum absolute atomic E-state index is 0.125. The van der Waals surface area contributed by atoms with Gasteiger partial charge in [0.2, 0.25) is 0 Å². The van der Waals surface area contributed by atoms with E-state index in [-0.39, 0.29) is 24.8 Å². The molecule has 2 rings (SSSR count). The largest absolute Gasteiger partial charge is 0.445 e. The lowest BCUT2D eigenvalue weighted by molar-refractivity contribution is 0.0447. The Morgan fingerprint density at radius 3 is 2.48 bits per heavy atom. The van der Waals surface area contributed by atoms with Crippen molar-refractivity contribution in [2.24, 2.45) is 5.92 Å². The molecular formula is C21H30N2O4. The average Bonchev–Trinajstić information content (AvgIpc) is 2.56. The van der Waals surface area contributed by atoms with Crippen molar-refractivity contribution in [3.63, 3.8) is 0 Å². The van der Waals surface area contributed by atoms with Crippen molar-refractivity contribution < 1.29 is 19.1 Å². The first-order valence-corrected chi connectivity index (χ1v) is 9.34. The summed E-state index contributed by atoms with van der Waals surface area (Å²) in [4.78, 5) is 23.7. The molecule has 1 saturated carbocycles. The first-order chi connectivity index (χ1) is 12.7. The number of hydrogen-bond acceptors (Lipinski definition) is 4. The van der Waals surface area contributed by atoms with Crippen LogP contribution in [0.2, 0.25) is 0 Å². The third kappa shape index (κ3) is 7.72. The number of carbonyl (C=O) groups is 2. The SMILES string of the molecule is C=C[C@@H](CC1CC(NC(=O)OC(C)(C)C)C1)NC(=O)OCc1ccccc1. The van der Waals surface area contributed by atoms with E-state index in [4.69, 9.17) is 9.47 Å². The van der Waals surface area contributed by atoms with Crippen LogP contribution in [0.3, 0.4) is 0 Å². The van der Waals surface area contributed by atoms with E-state index in [0.29, 0.717) is 5.92 Å². The van der Waals surface area contributed by atoms with Crippen LogP contribution in [0.4, 0.5) is 9.59 Å². The Bertz CT molecular complexity index is 633. The van der Waals surface area contributed by atoms with Crippen molar-refractivity contribution in [3.8, 4) is 0 Å². The van der Waals surface area contributed by atoms with Gasteiger partial charge < -0.3 is 20.1 Å². The fraction of sp³-hybridized carbons (Fsp3) is 0.524. The predicted molar refractivity (Wildman–Crippen MR) is 104 cm³/mol. The van der Waals surface area contributed by atoms with Gasteiger partial charge in [0, 0.05) is 6.04 Å². The Morgan fingerprint density at radius 2 is 1.89 bits per heavy atom. The van der Waals surface area contributed by atoms with Crippen molar-refractivity contribution >= 4 is 12.2 Å². The highest BCUT2D eigenvalue weighted by Gasteiger charge is 2.33. The number of amides is 2. The maximum absolute atomic E-state index is 12.0. The van der Waals surface area contributed by atoms with Crippen LogP contribution >= 0.6 is 0 Å². The van der Waals surface area contributed by atoms with E-state index < -0.39 is 11.7 Å². The van der Waals surface area contributed by atoms with Crippen LogP contribution in [0, 0.1) is 5.92 Å². The molecule has 1 aliphatic carbocycles. The molecule has 27 heavy (non-hydrogen) atoms. The van der Waals surface area contributed by atoms with Crippen molar-refractivity contribution in [1.82, 2.24) is 10.6 Å². The summed E-state index contributed by atoms with van der Waals surface area (Å²) in [6, 6.07) is 9.51. The van der Waals surface area contributed by atoms with Gasteiger partial charge in [-0.3, -0.25) is 0 Å². The quantitative estimate of drug-likeness (QED) is 0.703. The standard InChI is InChI=1S/C21H30N2O4/c1-5-17(22-19(24)26-14-15-9-7-6-8-10-15)11-16-12-18(13-16)23-20(25)27-21(2,3)4/h5-10,16-18H,1,11-14H2,2-4H3,(H,22,24)(H,23,25)/t16?,17-,18?/m0/s1. The third-order valence-electron chi connectivity index (χ3n) is 4.34. The van der Waals surface area contributed by atoms with Crippen molar-refractivity contribution in [1.29, 1.82) is 0 Å². The molecule has 1 aromatic carbocycles. The molecule has 0 saturated heterocycles. The highest BCUT2D eigenvalue weighted by atomic mass is 16.6. The zero-order chi connectivity index (χ0) is 19.9. The lowest BCUT2D eigenvalue weighted by atomic mass is 9.76. The van der Waals surface area contributed by atoms with Gasteiger partial charge in [0.15, 0.2) is 0 Å². The van der Waals surface area contributed by atoms with Crippen LogP contribution in [-0.4, -0.2) is 29.9 Å². The van der Waals surface area contributed by atoms with Gasteiger partial charge in [0.1, 0.15) is 12.2 Å². The van der Waals surface area contributed by atoms with Gasteiger partial charge in [-0.15, -0.1) is 6.58 Å². The van der Waals surface area contributed by atoms with Gasteiger partial charge in [-0.1, -0.05) is 36.4 Å². The third-order valence-corrected chi connectivity index (χ3v) is 4.34. The van der Waals surface area contributed by atoms with Crippen LogP contribution < -0.4 is 10.6 Å². The average molecular weight is 374 g/mol. The van der Waals surface area contributed by atoms with Gasteiger partial charge in [-0.2, -0.15) is 0 Å². The Balaban J connectivity index is 1.65. The molecule has 2 amide bonds. The predicted octanol–water partition coefficient (Wildman–Crippen LogP) is 4.16. The Hall–Kier alpha value is -2.50. The molecule has 1 aromatic rings. The zero-order valence-electron chi connectivity index (χ0n) is 16.4. The molecule has 0 aliphatic heterocycles. The second-order valence-electron chi connectivity index (χ2n) is 7.96. The summed E-state index contributed by atoms with van der Waals surface area (Å²) in [5.41, 5.74) is 0.448. The van der Waals surface area contributed by atoms with E-state index >= 15 is 0 Å². The van der Waals surface area contributed by atoms with E-state index in [1.807, 2.05) is 51.1 Å². The minimum Gasteiger partial charge on any atom is -0.445 e. The molecule has 0 bridgehead atoms. The Kier molecular flexibility index (Phi) is 7.28. The lowest BCUT2D eigenvalue weighted by Gasteiger charge is -2.37. The van der Waals surface area contributed by atoms with E-state index in [1.165, 1.54) is 0 Å². The van der Waals surface area contributed by atoms with E-state index in [0.717, 1.165) is 24.8 Å². The number of hydrogen-bond donors (Lipinski definition) is 2. The summed E-state index contributed by atoms with van der Waals surface area (Å²) in [6.07, 6.45) is 3.39. The summed E-state index contributed by atoms with van der Waals surface area (Å²) in [6.45, 7) is 9.55. The fourth-order valence-corrected chi connectivity index (χ4v) is 3.01. The Labute approximate surface area is 161 Å². The molecule has 1 atom stereocenters. The van der Waals surface area contributed by atoms with Crippen molar-refractivity contribution in [3.05, 3.63) is 48.6 Å². The molecule has 0 heterocycles. The topological polar surface area (TPSA) is 76.7 Å². The van der Waals surface area contributed by atoms with E-state index in [9.17, 15) is 9.59 Å². The first kappa shape index (κ1) is 20.8. The second-order valence-corrected chi connectivity index (χ2v) is 7.96. The molecule has 6 nitrogen and oxygen atoms in total. The highest BCUT2D eigenvalue weighted by molar-refractivity contribution is 5.68. The minimum atomic E-state index is -0.495. The first-order valence-electron chi connectivity index (χ1n) is 9.34. The van der Waals surface area contributed by atoms with Gasteiger partial charge in [0.05, 0.1) is 6.04 Å². The summed E-state index contributed by atoms with van der Waals surface area (Å²) in [7, 11) is 0. The van der Waals surface area contributed by atoms with Crippen LogP contribution in [0.25, 0.3) is 0 Å². The van der Waals surface area contributed by atoms with Gasteiger partial charge in [0.25, 0.3) is 0 Å². The maximum atomic E-state index is 12.0. The molecule has 6 heteroatoms. The number of alkyl carbamates (subject to hydrolysis) is 2. The molecule has 1 aliphatic rings. The monoisotopic (exact) mass is 374 g/mol. The fourth-order valence-electron chi connectivity index (χ4n) is 3.01. The molecule has 2 N–H and O–H groups in total. The molecule has 148 valence electrons. The Morgan fingerprint density at radius 1 is 1.22 bits per heavy atom. The van der Waals surface area contributed by atoms with E-state index in [1.54, 1.807) is 6.08 Å². The molecule has 0 radical (unpaired) electrons. The lowest BCUT2D eigenvalue weighted by Crippen LogP contribution is -2.47. The summed E-state index contributed by atoms with van der Waals surface area (Å²) >= 11 is 0. The number of benzene rings is 1. The molecule has 1 fully saturated rings. The van der Waals surface area contributed by atoms with Crippen LogP contribution in [0.1, 0.15) is 45.6 Å². The van der Waals surface area contributed by atoms with Crippen molar-refractivity contribution in [2.45, 2.75) is 64.3 Å². The van der Waals surface area contributed by atoms with Crippen LogP contribution in [-0.2, 0) is 16.1 Å². The van der Waals surface area contributed by atoms with Gasteiger partial charge >= 0.3 is 12.2 Å². The summed E-state index contributed by atoms with van der Waals surface area (Å²) in [5, 5.41) is 5.71. The van der Waals surface area contributed by atoms with Gasteiger partial charge in [-0.25, -0.2) is 9.59 Å². The molecular weight excluding hydrogens is 344 g/mol. The number of carbonyl (C=O) groups excluding carboxylic acids is 2. The second kappa shape index (κ2) is 9.44. The number of nitrogens with one attached hydrogen (secondary N) is 2. The smallest absolute Gasteiger partial charge is 0.407 e. The van der Waals surface area contributed by atoms with Gasteiger partial charge in [-0.05, 0) is 51.5 Å². The number of rotatable bonds is 7. The number of ether oxygens (including phenoxy) is 2. The van der Waals surface area contributed by atoms with Crippen LogP contribution in [0.5, 0.6) is 0 Å². The normalized spacial score (nSPS) is 20.0. The molecule has 0 unspecified atom stereocenters. The maximum Gasteiger partial charge on any atom is 0.407 e. The summed E-state index contributed by atoms with van der Waals surface area (Å²) < 4.78 is 10.5. The van der Waals surface area contributed by atoms with Crippen LogP contribution in [0.15, 0.2) is 43.0 Å². The van der Waals surface area contributed by atoms with Crippen molar-refractivity contribution in [2.75, 3.05) is 0 Å². The molecule has 0 aromatic heterocycles.